The lowest BCUT2D eigenvalue weighted by atomic mass is 10.2. The molecular weight excluding hydrogens is 300 g/mol. The summed E-state index contributed by atoms with van der Waals surface area (Å²) in [6, 6.07) is -0.0886. The van der Waals surface area contributed by atoms with E-state index in [9.17, 15) is 4.79 Å². The van der Waals surface area contributed by atoms with Gasteiger partial charge in [-0.3, -0.25) is 4.79 Å². The Labute approximate surface area is 132 Å². The van der Waals surface area contributed by atoms with Crippen LogP contribution in [0.1, 0.15) is 69.7 Å². The van der Waals surface area contributed by atoms with Crippen LogP contribution in [0, 0.1) is 13.8 Å². The van der Waals surface area contributed by atoms with Crippen LogP contribution >= 0.6 is 11.3 Å². The predicted octanol–water partition coefficient (Wildman–Crippen LogP) is 3.00. The Bertz CT molecular complexity index is 719. The topological polar surface area (TPSA) is 72.1 Å². The van der Waals surface area contributed by atoms with Crippen molar-refractivity contribution in [2.45, 2.75) is 51.5 Å². The minimum atomic E-state index is -0.0886. The lowest BCUT2D eigenvalue weighted by Crippen LogP contribution is -2.30. The molecule has 1 unspecified atom stereocenters. The number of aromatic nitrogens is 3. The monoisotopic (exact) mass is 318 g/mol. The summed E-state index contributed by atoms with van der Waals surface area (Å²) in [4.78, 5) is 24.3. The van der Waals surface area contributed by atoms with E-state index in [1.807, 2.05) is 18.7 Å². The highest BCUT2D eigenvalue weighted by atomic mass is 32.1. The molecule has 0 aromatic carbocycles. The van der Waals surface area contributed by atoms with Crippen LogP contribution in [-0.2, 0) is 0 Å². The van der Waals surface area contributed by atoms with E-state index in [1.165, 1.54) is 11.3 Å². The second-order valence-corrected chi connectivity index (χ2v) is 7.27. The highest BCUT2D eigenvalue weighted by molar-refractivity contribution is 7.13. The molecule has 2 aliphatic rings. The van der Waals surface area contributed by atoms with Crippen molar-refractivity contribution >= 4 is 17.2 Å². The highest BCUT2D eigenvalue weighted by Gasteiger charge is 2.37. The lowest BCUT2D eigenvalue weighted by Gasteiger charge is -2.21. The van der Waals surface area contributed by atoms with Crippen molar-refractivity contribution in [1.29, 1.82) is 0 Å². The van der Waals surface area contributed by atoms with Gasteiger partial charge in [0.15, 0.2) is 5.82 Å². The molecule has 7 heteroatoms. The third-order valence-corrected chi connectivity index (χ3v) is 5.36. The van der Waals surface area contributed by atoms with Crippen molar-refractivity contribution < 1.29 is 9.32 Å². The number of likely N-dealkylation sites (tertiary alicyclic amines) is 1. The minimum Gasteiger partial charge on any atom is -0.337 e. The van der Waals surface area contributed by atoms with Crippen LogP contribution in [0.25, 0.3) is 0 Å². The number of carbonyl (C=O) groups excluding carboxylic acids is 1. The normalized spacial score (nSPS) is 21.5. The lowest BCUT2D eigenvalue weighted by molar-refractivity contribution is 0.0714. The first-order chi connectivity index (χ1) is 10.6. The van der Waals surface area contributed by atoms with Crippen LogP contribution < -0.4 is 0 Å². The number of rotatable bonds is 3. The van der Waals surface area contributed by atoms with Gasteiger partial charge in [-0.05, 0) is 39.5 Å². The quantitative estimate of drug-likeness (QED) is 0.870. The Balaban J connectivity index is 1.59. The average Bonchev–Trinajstić information content (AvgIpc) is 2.92. The molecule has 0 bridgehead atoms. The predicted molar refractivity (Wildman–Crippen MR) is 80.9 cm³/mol. The van der Waals surface area contributed by atoms with E-state index in [4.69, 9.17) is 4.52 Å². The number of nitrogens with zero attached hydrogens (tertiary/aromatic N) is 4. The van der Waals surface area contributed by atoms with Gasteiger partial charge in [0.05, 0.1) is 10.7 Å². The molecule has 22 heavy (non-hydrogen) atoms. The summed E-state index contributed by atoms with van der Waals surface area (Å²) >= 11 is 1.46. The third kappa shape index (κ3) is 2.33. The van der Waals surface area contributed by atoms with Crippen molar-refractivity contribution in [3.8, 4) is 0 Å². The SMILES string of the molecule is Cc1nc(C)c(C(=O)N2CCCC2c2nc(C3CC3)no2)s1. The van der Waals surface area contributed by atoms with Gasteiger partial charge in [-0.25, -0.2) is 4.98 Å². The van der Waals surface area contributed by atoms with Gasteiger partial charge in [0.25, 0.3) is 5.91 Å². The first kappa shape index (κ1) is 13.9. The Morgan fingerprint density at radius 1 is 1.27 bits per heavy atom. The minimum absolute atomic E-state index is 0.0387. The summed E-state index contributed by atoms with van der Waals surface area (Å²) in [5, 5.41) is 5.00. The Morgan fingerprint density at radius 3 is 2.77 bits per heavy atom. The van der Waals surface area contributed by atoms with E-state index >= 15 is 0 Å². The Morgan fingerprint density at radius 2 is 2.09 bits per heavy atom. The van der Waals surface area contributed by atoms with Crippen LogP contribution in [0.15, 0.2) is 4.52 Å². The zero-order chi connectivity index (χ0) is 15.3. The van der Waals surface area contributed by atoms with E-state index in [1.54, 1.807) is 0 Å². The molecule has 1 atom stereocenters. The molecule has 4 rings (SSSR count). The average molecular weight is 318 g/mol. The van der Waals surface area contributed by atoms with Crippen LogP contribution in [0.4, 0.5) is 0 Å². The first-order valence-electron chi connectivity index (χ1n) is 7.72. The highest BCUT2D eigenvalue weighted by Crippen LogP contribution is 2.40. The fourth-order valence-corrected chi connectivity index (χ4v) is 3.89. The number of aryl methyl sites for hydroxylation is 2. The van der Waals surface area contributed by atoms with Gasteiger partial charge in [-0.15, -0.1) is 11.3 Å². The summed E-state index contributed by atoms with van der Waals surface area (Å²) in [6.07, 6.45) is 4.14. The van der Waals surface area contributed by atoms with E-state index in [-0.39, 0.29) is 11.9 Å². The molecule has 1 amide bonds. The zero-order valence-electron chi connectivity index (χ0n) is 12.7. The second kappa shape index (κ2) is 5.15. The van der Waals surface area contributed by atoms with E-state index in [0.29, 0.717) is 11.8 Å². The Hall–Kier alpha value is -1.76. The standard InChI is InChI=1S/C15H18N4O2S/c1-8-12(22-9(2)16-8)15(20)19-7-3-4-11(19)14-17-13(18-21-14)10-5-6-10/h10-11H,3-7H2,1-2H3. The number of hydrogen-bond donors (Lipinski definition) is 0. The number of hydrogen-bond acceptors (Lipinski definition) is 6. The molecule has 1 aliphatic heterocycles. The molecular formula is C15H18N4O2S. The summed E-state index contributed by atoms with van der Waals surface area (Å²) in [7, 11) is 0. The maximum atomic E-state index is 12.8. The summed E-state index contributed by atoms with van der Waals surface area (Å²) in [5.74, 6) is 1.90. The van der Waals surface area contributed by atoms with Gasteiger partial charge in [-0.2, -0.15) is 4.98 Å². The van der Waals surface area contributed by atoms with Crippen molar-refractivity contribution in [2.75, 3.05) is 6.54 Å². The molecule has 0 N–H and O–H groups in total. The largest absolute Gasteiger partial charge is 0.337 e. The van der Waals surface area contributed by atoms with E-state index in [0.717, 1.165) is 53.6 Å². The summed E-state index contributed by atoms with van der Waals surface area (Å²) in [5.41, 5.74) is 0.808. The van der Waals surface area contributed by atoms with Crippen LogP contribution in [-0.4, -0.2) is 32.5 Å². The van der Waals surface area contributed by atoms with E-state index < -0.39 is 0 Å². The fourth-order valence-electron chi connectivity index (χ4n) is 3.02. The molecule has 1 saturated heterocycles. The molecule has 0 spiro atoms. The van der Waals surface area contributed by atoms with Crippen LogP contribution in [0.3, 0.4) is 0 Å². The number of amides is 1. The molecule has 116 valence electrons. The summed E-state index contributed by atoms with van der Waals surface area (Å²) < 4.78 is 5.43. The molecule has 1 saturated carbocycles. The maximum absolute atomic E-state index is 12.8. The molecule has 2 fully saturated rings. The van der Waals surface area contributed by atoms with Crippen molar-refractivity contribution in [3.63, 3.8) is 0 Å². The van der Waals surface area contributed by atoms with Crippen molar-refractivity contribution in [1.82, 2.24) is 20.0 Å². The molecule has 2 aromatic heterocycles. The Kier molecular flexibility index (Phi) is 3.25. The van der Waals surface area contributed by atoms with Crippen molar-refractivity contribution in [2.24, 2.45) is 0 Å². The fraction of sp³-hybridized carbons (Fsp3) is 0.600. The zero-order valence-corrected chi connectivity index (χ0v) is 13.5. The van der Waals surface area contributed by atoms with Gasteiger partial charge in [0.1, 0.15) is 10.9 Å². The smallest absolute Gasteiger partial charge is 0.266 e. The van der Waals surface area contributed by atoms with Gasteiger partial charge >= 0.3 is 0 Å². The first-order valence-corrected chi connectivity index (χ1v) is 8.53. The molecule has 3 heterocycles. The number of carbonyl (C=O) groups is 1. The van der Waals surface area contributed by atoms with Crippen LogP contribution in [0.2, 0.25) is 0 Å². The molecule has 0 radical (unpaired) electrons. The third-order valence-electron chi connectivity index (χ3n) is 4.30. The molecule has 2 aromatic rings. The van der Waals surface area contributed by atoms with Crippen LogP contribution in [0.5, 0.6) is 0 Å². The van der Waals surface area contributed by atoms with Crippen molar-refractivity contribution in [3.05, 3.63) is 27.3 Å². The van der Waals surface area contributed by atoms with Gasteiger partial charge < -0.3 is 9.42 Å². The molecule has 6 nitrogen and oxygen atoms in total. The number of thiazole rings is 1. The van der Waals surface area contributed by atoms with Gasteiger partial charge in [0, 0.05) is 12.5 Å². The van der Waals surface area contributed by atoms with E-state index in [2.05, 4.69) is 15.1 Å². The maximum Gasteiger partial charge on any atom is 0.266 e. The van der Waals surface area contributed by atoms with Gasteiger partial charge in [-0.1, -0.05) is 5.16 Å². The van der Waals surface area contributed by atoms with Gasteiger partial charge in [0.2, 0.25) is 5.89 Å². The second-order valence-electron chi connectivity index (χ2n) is 6.07. The molecule has 1 aliphatic carbocycles. The summed E-state index contributed by atoms with van der Waals surface area (Å²) in [6.45, 7) is 4.55.